The van der Waals surface area contributed by atoms with Gasteiger partial charge in [-0.05, 0) is 50.5 Å². The molecule has 2 atom stereocenters. The van der Waals surface area contributed by atoms with Gasteiger partial charge in [0.2, 0.25) is 5.91 Å². The van der Waals surface area contributed by atoms with Crippen molar-refractivity contribution in [2.24, 2.45) is 11.8 Å². The summed E-state index contributed by atoms with van der Waals surface area (Å²) in [5.74, 6) is 1.16. The van der Waals surface area contributed by atoms with Crippen molar-refractivity contribution in [1.82, 2.24) is 10.6 Å². The van der Waals surface area contributed by atoms with E-state index in [0.717, 1.165) is 45.2 Å². The molecule has 1 heterocycles. The lowest BCUT2D eigenvalue weighted by Gasteiger charge is -2.26. The number of hydrogen-bond acceptors (Lipinski definition) is 3. The van der Waals surface area contributed by atoms with Crippen molar-refractivity contribution in [2.45, 2.75) is 51.2 Å². The zero-order valence-corrected chi connectivity index (χ0v) is 10.6. The Morgan fingerprint density at radius 2 is 2.00 bits per heavy atom. The summed E-state index contributed by atoms with van der Waals surface area (Å²) >= 11 is 0. The van der Waals surface area contributed by atoms with Crippen molar-refractivity contribution in [3.8, 4) is 0 Å². The minimum atomic E-state index is -0.113. The first-order valence-electron chi connectivity index (χ1n) is 6.86. The van der Waals surface area contributed by atoms with E-state index in [1.54, 1.807) is 0 Å². The molecule has 17 heavy (non-hydrogen) atoms. The second kappa shape index (κ2) is 5.83. The second-order valence-corrected chi connectivity index (χ2v) is 5.62. The van der Waals surface area contributed by atoms with Gasteiger partial charge in [0.05, 0.1) is 12.1 Å². The second-order valence-electron chi connectivity index (χ2n) is 5.62. The van der Waals surface area contributed by atoms with Gasteiger partial charge in [0.15, 0.2) is 0 Å². The molecular formula is C13H24N2O2. The third-order valence-corrected chi connectivity index (χ3v) is 4.20. The predicted octanol–water partition coefficient (Wildman–Crippen LogP) is 0.652. The summed E-state index contributed by atoms with van der Waals surface area (Å²) in [6.07, 6.45) is 4.83. The molecule has 98 valence electrons. The van der Waals surface area contributed by atoms with E-state index in [-0.39, 0.29) is 18.1 Å². The molecule has 1 aliphatic carbocycles. The van der Waals surface area contributed by atoms with Crippen LogP contribution in [0.1, 0.15) is 39.0 Å². The maximum Gasteiger partial charge on any atom is 0.237 e. The smallest absolute Gasteiger partial charge is 0.237 e. The van der Waals surface area contributed by atoms with E-state index in [0.29, 0.717) is 11.8 Å². The number of carbonyl (C=O) groups excluding carboxylic acids is 1. The lowest BCUT2D eigenvalue weighted by molar-refractivity contribution is -0.123. The Bertz CT molecular complexity index is 262. The summed E-state index contributed by atoms with van der Waals surface area (Å²) in [6, 6.07) is 0.00387. The summed E-state index contributed by atoms with van der Waals surface area (Å²) in [5.41, 5.74) is 0. The number of rotatable bonds is 3. The summed E-state index contributed by atoms with van der Waals surface area (Å²) in [4.78, 5) is 11.9. The first-order chi connectivity index (χ1) is 8.16. The van der Waals surface area contributed by atoms with E-state index >= 15 is 0 Å². The molecule has 0 spiro atoms. The molecule has 0 aromatic rings. The Kier molecular flexibility index (Phi) is 4.40. The summed E-state index contributed by atoms with van der Waals surface area (Å²) < 4.78 is 0. The number of hydrogen-bond donors (Lipinski definition) is 3. The van der Waals surface area contributed by atoms with E-state index in [1.165, 1.54) is 0 Å². The first-order valence-corrected chi connectivity index (χ1v) is 6.86. The molecule has 0 aromatic carbocycles. The highest BCUT2D eigenvalue weighted by Crippen LogP contribution is 2.23. The number of amides is 1. The molecule has 2 unspecified atom stereocenters. The topological polar surface area (TPSA) is 61.4 Å². The van der Waals surface area contributed by atoms with Gasteiger partial charge in [-0.2, -0.15) is 0 Å². The van der Waals surface area contributed by atoms with Crippen LogP contribution in [0.15, 0.2) is 0 Å². The SMILES string of the molecule is CC1CCNC1C(=O)NCC1CCC(O)CC1. The Morgan fingerprint density at radius 3 is 2.59 bits per heavy atom. The summed E-state index contributed by atoms with van der Waals surface area (Å²) in [7, 11) is 0. The number of aliphatic hydroxyl groups excluding tert-OH is 1. The van der Waals surface area contributed by atoms with Crippen LogP contribution in [0.5, 0.6) is 0 Å². The Morgan fingerprint density at radius 1 is 1.29 bits per heavy atom. The fourth-order valence-electron chi connectivity index (χ4n) is 2.89. The van der Waals surface area contributed by atoms with Crippen LogP contribution in [-0.2, 0) is 4.79 Å². The van der Waals surface area contributed by atoms with Crippen LogP contribution in [-0.4, -0.2) is 36.2 Å². The van der Waals surface area contributed by atoms with Crippen molar-refractivity contribution in [1.29, 1.82) is 0 Å². The third kappa shape index (κ3) is 3.42. The third-order valence-electron chi connectivity index (χ3n) is 4.20. The molecule has 4 nitrogen and oxygen atoms in total. The van der Waals surface area contributed by atoms with Crippen molar-refractivity contribution in [2.75, 3.05) is 13.1 Å². The zero-order chi connectivity index (χ0) is 12.3. The molecule has 0 bridgehead atoms. The molecule has 2 fully saturated rings. The zero-order valence-electron chi connectivity index (χ0n) is 10.6. The van der Waals surface area contributed by atoms with Gasteiger partial charge >= 0.3 is 0 Å². The van der Waals surface area contributed by atoms with E-state index < -0.39 is 0 Å². The van der Waals surface area contributed by atoms with Gasteiger partial charge < -0.3 is 15.7 Å². The molecule has 2 rings (SSSR count). The average molecular weight is 240 g/mol. The summed E-state index contributed by atoms with van der Waals surface area (Å²) in [6.45, 7) is 3.85. The highest BCUT2D eigenvalue weighted by atomic mass is 16.3. The van der Waals surface area contributed by atoms with Crippen LogP contribution in [0, 0.1) is 11.8 Å². The van der Waals surface area contributed by atoms with Gasteiger partial charge in [-0.3, -0.25) is 4.79 Å². The standard InChI is InChI=1S/C13H24N2O2/c1-9-6-7-14-12(9)13(17)15-8-10-2-4-11(16)5-3-10/h9-12,14,16H,2-8H2,1H3,(H,15,17). The minimum Gasteiger partial charge on any atom is -0.393 e. The molecule has 1 saturated heterocycles. The number of nitrogens with one attached hydrogen (secondary N) is 2. The lowest BCUT2D eigenvalue weighted by atomic mass is 9.87. The predicted molar refractivity (Wildman–Crippen MR) is 66.5 cm³/mol. The van der Waals surface area contributed by atoms with Crippen molar-refractivity contribution < 1.29 is 9.90 Å². The van der Waals surface area contributed by atoms with Crippen molar-refractivity contribution >= 4 is 5.91 Å². The van der Waals surface area contributed by atoms with E-state index in [2.05, 4.69) is 17.6 Å². The maximum atomic E-state index is 11.9. The van der Waals surface area contributed by atoms with Crippen LogP contribution < -0.4 is 10.6 Å². The normalized spacial score (nSPS) is 38.0. The Balaban J connectivity index is 1.69. The van der Waals surface area contributed by atoms with E-state index in [1.807, 2.05) is 0 Å². The van der Waals surface area contributed by atoms with Gasteiger partial charge in [0, 0.05) is 6.54 Å². The Hall–Kier alpha value is -0.610. The fraction of sp³-hybridized carbons (Fsp3) is 0.923. The summed E-state index contributed by atoms with van der Waals surface area (Å²) in [5, 5.41) is 15.7. The highest BCUT2D eigenvalue weighted by molar-refractivity contribution is 5.82. The molecule has 3 N–H and O–H groups in total. The molecule has 0 aromatic heterocycles. The maximum absolute atomic E-state index is 11.9. The lowest BCUT2D eigenvalue weighted by Crippen LogP contribution is -2.45. The molecule has 1 aliphatic heterocycles. The van der Waals surface area contributed by atoms with Gasteiger partial charge in [0.25, 0.3) is 0 Å². The largest absolute Gasteiger partial charge is 0.393 e. The quantitative estimate of drug-likeness (QED) is 0.679. The van der Waals surface area contributed by atoms with Gasteiger partial charge in [-0.25, -0.2) is 0 Å². The molecule has 4 heteroatoms. The van der Waals surface area contributed by atoms with Crippen LogP contribution in [0.25, 0.3) is 0 Å². The molecule has 0 radical (unpaired) electrons. The van der Waals surface area contributed by atoms with E-state index in [4.69, 9.17) is 0 Å². The van der Waals surface area contributed by atoms with Crippen molar-refractivity contribution in [3.63, 3.8) is 0 Å². The van der Waals surface area contributed by atoms with E-state index in [9.17, 15) is 9.90 Å². The van der Waals surface area contributed by atoms with Gasteiger partial charge in [-0.1, -0.05) is 6.92 Å². The first kappa shape index (κ1) is 12.8. The van der Waals surface area contributed by atoms with Crippen LogP contribution in [0.4, 0.5) is 0 Å². The fourth-order valence-corrected chi connectivity index (χ4v) is 2.89. The number of carbonyl (C=O) groups is 1. The Labute approximate surface area is 103 Å². The average Bonchev–Trinajstić information content (AvgIpc) is 2.74. The number of aliphatic hydroxyl groups is 1. The minimum absolute atomic E-state index is 0.00387. The van der Waals surface area contributed by atoms with Crippen LogP contribution in [0.3, 0.4) is 0 Å². The monoisotopic (exact) mass is 240 g/mol. The highest BCUT2D eigenvalue weighted by Gasteiger charge is 2.29. The molecule has 1 amide bonds. The molecule has 2 aliphatic rings. The van der Waals surface area contributed by atoms with Crippen LogP contribution in [0.2, 0.25) is 0 Å². The van der Waals surface area contributed by atoms with Gasteiger partial charge in [-0.15, -0.1) is 0 Å². The van der Waals surface area contributed by atoms with Crippen LogP contribution >= 0.6 is 0 Å². The molecular weight excluding hydrogens is 216 g/mol. The van der Waals surface area contributed by atoms with Crippen molar-refractivity contribution in [3.05, 3.63) is 0 Å². The van der Waals surface area contributed by atoms with Gasteiger partial charge in [0.1, 0.15) is 0 Å². The molecule has 1 saturated carbocycles.